The zero-order chi connectivity index (χ0) is 25.2. The number of nitrogens with two attached hydrogens (primary N) is 1. The molecule has 7 nitrogen and oxygen atoms in total. The lowest BCUT2D eigenvalue weighted by atomic mass is 10.1. The first-order valence-corrected chi connectivity index (χ1v) is 12.5. The Labute approximate surface area is 215 Å². The highest BCUT2D eigenvalue weighted by atomic mass is 35.5. The van der Waals surface area contributed by atoms with Crippen molar-refractivity contribution in [3.8, 4) is 0 Å². The fourth-order valence-electron chi connectivity index (χ4n) is 4.63. The van der Waals surface area contributed by atoms with E-state index < -0.39 is 0 Å². The highest BCUT2D eigenvalue weighted by Gasteiger charge is 2.12. The van der Waals surface area contributed by atoms with Crippen LogP contribution in [0.1, 0.15) is 40.6 Å². The van der Waals surface area contributed by atoms with Crippen LogP contribution in [0.2, 0.25) is 5.15 Å². The number of nitrogens with one attached hydrogen (secondary N) is 1. The Morgan fingerprint density at radius 1 is 1.00 bits per heavy atom. The summed E-state index contributed by atoms with van der Waals surface area (Å²) in [7, 11) is 0. The van der Waals surface area contributed by atoms with Gasteiger partial charge in [0.25, 0.3) is 0 Å². The Bertz CT molecular complexity index is 1490. The summed E-state index contributed by atoms with van der Waals surface area (Å²) in [6.45, 7) is 8.28. The quantitative estimate of drug-likeness (QED) is 0.265. The van der Waals surface area contributed by atoms with Gasteiger partial charge in [0.2, 0.25) is 0 Å². The van der Waals surface area contributed by atoms with Gasteiger partial charge >= 0.3 is 0 Å². The number of fused-ring (bicyclic) bond motifs is 1. The minimum absolute atomic E-state index is 0.430. The minimum Gasteiger partial charge on any atom is -0.384 e. The van der Waals surface area contributed by atoms with Crippen LogP contribution < -0.4 is 11.1 Å². The van der Waals surface area contributed by atoms with E-state index in [9.17, 15) is 0 Å². The van der Waals surface area contributed by atoms with Gasteiger partial charge in [-0.1, -0.05) is 42.8 Å². The number of benzene rings is 1. The zero-order valence-corrected chi connectivity index (χ0v) is 21.5. The van der Waals surface area contributed by atoms with Crippen molar-refractivity contribution in [2.75, 3.05) is 11.1 Å². The Hall–Kier alpha value is -3.84. The van der Waals surface area contributed by atoms with E-state index in [1.54, 1.807) is 6.20 Å². The highest BCUT2D eigenvalue weighted by molar-refractivity contribution is 6.34. The molecule has 0 saturated heterocycles. The Kier molecular flexibility index (Phi) is 6.65. The molecule has 5 rings (SSSR count). The molecule has 36 heavy (non-hydrogen) atoms. The van der Waals surface area contributed by atoms with Crippen molar-refractivity contribution in [2.45, 2.75) is 46.8 Å². The van der Waals surface area contributed by atoms with Crippen molar-refractivity contribution in [3.63, 3.8) is 0 Å². The molecular weight excluding hydrogens is 470 g/mol. The van der Waals surface area contributed by atoms with Crippen molar-refractivity contribution in [1.29, 1.82) is 0 Å². The van der Waals surface area contributed by atoms with Crippen LogP contribution in [0.5, 0.6) is 0 Å². The summed E-state index contributed by atoms with van der Waals surface area (Å²) >= 11 is 6.52. The lowest BCUT2D eigenvalue weighted by Crippen LogP contribution is -2.08. The van der Waals surface area contributed by atoms with Crippen molar-refractivity contribution < 1.29 is 0 Å². The zero-order valence-electron chi connectivity index (χ0n) is 20.8. The van der Waals surface area contributed by atoms with Crippen LogP contribution in [0.3, 0.4) is 0 Å². The van der Waals surface area contributed by atoms with Gasteiger partial charge in [-0.3, -0.25) is 4.68 Å². The molecule has 0 aliphatic carbocycles. The standard InChI is InChI=1S/C28H30ClN7/c1-4-22-6-5-11-35(22)16-20-7-9-21(10-8-20)17-36-25-13-27(34-28(29)24(25)15-32-36)31-14-23-18(2)12-26(30)33-19(23)3/h5-13,15H,4,14,16-17H2,1-3H3,(H2,30,33)(H,31,34). The van der Waals surface area contributed by atoms with E-state index in [2.05, 4.69) is 74.5 Å². The topological polar surface area (TPSA) is 86.6 Å². The first kappa shape index (κ1) is 23.9. The molecule has 0 radical (unpaired) electrons. The molecule has 4 heterocycles. The van der Waals surface area contributed by atoms with E-state index in [4.69, 9.17) is 17.3 Å². The number of hydrogen-bond acceptors (Lipinski definition) is 5. The van der Waals surface area contributed by atoms with E-state index in [1.165, 1.54) is 16.8 Å². The molecule has 0 unspecified atom stereocenters. The first-order chi connectivity index (χ1) is 17.4. The third-order valence-corrected chi connectivity index (χ3v) is 6.90. The largest absolute Gasteiger partial charge is 0.384 e. The van der Waals surface area contributed by atoms with E-state index >= 15 is 0 Å². The molecule has 4 aromatic heterocycles. The van der Waals surface area contributed by atoms with Crippen molar-refractivity contribution >= 4 is 34.1 Å². The average Bonchev–Trinajstić information content (AvgIpc) is 3.46. The van der Waals surface area contributed by atoms with Crippen LogP contribution in [-0.2, 0) is 26.1 Å². The number of hydrogen-bond donors (Lipinski definition) is 2. The molecule has 8 heteroatoms. The summed E-state index contributed by atoms with van der Waals surface area (Å²) in [5.74, 6) is 1.22. The second-order valence-electron chi connectivity index (χ2n) is 9.11. The average molecular weight is 500 g/mol. The molecule has 0 aliphatic heterocycles. The number of aryl methyl sites for hydroxylation is 3. The molecule has 0 aliphatic rings. The van der Waals surface area contributed by atoms with Crippen molar-refractivity contribution in [1.82, 2.24) is 24.3 Å². The summed E-state index contributed by atoms with van der Waals surface area (Å²) in [5.41, 5.74) is 13.7. The van der Waals surface area contributed by atoms with Crippen LogP contribution in [0.4, 0.5) is 11.6 Å². The summed E-state index contributed by atoms with van der Waals surface area (Å²) in [5, 5.41) is 9.25. The third kappa shape index (κ3) is 4.93. The number of aromatic nitrogens is 5. The fraction of sp³-hybridized carbons (Fsp3) is 0.250. The monoisotopic (exact) mass is 499 g/mol. The summed E-state index contributed by atoms with van der Waals surface area (Å²) < 4.78 is 4.26. The second-order valence-corrected chi connectivity index (χ2v) is 9.47. The van der Waals surface area contributed by atoms with E-state index in [-0.39, 0.29) is 0 Å². The molecule has 5 aromatic rings. The van der Waals surface area contributed by atoms with E-state index in [1.807, 2.05) is 30.7 Å². The Morgan fingerprint density at radius 2 is 1.75 bits per heavy atom. The second kappa shape index (κ2) is 10.0. The van der Waals surface area contributed by atoms with Crippen LogP contribution in [-0.4, -0.2) is 24.3 Å². The van der Waals surface area contributed by atoms with Gasteiger partial charge in [-0.05, 0) is 60.7 Å². The van der Waals surface area contributed by atoms with Gasteiger partial charge in [0, 0.05) is 36.7 Å². The number of pyridine rings is 2. The Morgan fingerprint density at radius 3 is 2.47 bits per heavy atom. The summed E-state index contributed by atoms with van der Waals surface area (Å²) in [6, 6.07) is 16.9. The molecule has 1 aromatic carbocycles. The molecule has 3 N–H and O–H groups in total. The van der Waals surface area contributed by atoms with Gasteiger partial charge in [-0.2, -0.15) is 5.10 Å². The van der Waals surface area contributed by atoms with Gasteiger partial charge in [0.1, 0.15) is 16.8 Å². The van der Waals surface area contributed by atoms with Crippen LogP contribution >= 0.6 is 11.6 Å². The number of rotatable bonds is 8. The van der Waals surface area contributed by atoms with Crippen LogP contribution in [0.25, 0.3) is 10.9 Å². The smallest absolute Gasteiger partial charge is 0.142 e. The maximum Gasteiger partial charge on any atom is 0.142 e. The van der Waals surface area contributed by atoms with Gasteiger partial charge in [-0.15, -0.1) is 0 Å². The number of nitrogen functional groups attached to an aromatic ring is 1. The van der Waals surface area contributed by atoms with Gasteiger partial charge < -0.3 is 15.6 Å². The molecular formula is C28H30ClN7. The van der Waals surface area contributed by atoms with Crippen LogP contribution in [0.15, 0.2) is 60.9 Å². The predicted octanol–water partition coefficient (Wildman–Crippen LogP) is 5.75. The molecule has 0 bridgehead atoms. The van der Waals surface area contributed by atoms with E-state index in [0.717, 1.165) is 40.7 Å². The molecule has 184 valence electrons. The first-order valence-electron chi connectivity index (χ1n) is 12.1. The summed E-state index contributed by atoms with van der Waals surface area (Å²) in [6.07, 6.45) is 4.94. The summed E-state index contributed by atoms with van der Waals surface area (Å²) in [4.78, 5) is 8.91. The minimum atomic E-state index is 0.430. The fourth-order valence-corrected chi connectivity index (χ4v) is 4.87. The molecule has 0 saturated carbocycles. The molecule has 0 amide bonds. The predicted molar refractivity (Wildman–Crippen MR) is 146 cm³/mol. The normalized spacial score (nSPS) is 11.3. The molecule has 0 atom stereocenters. The third-order valence-electron chi connectivity index (χ3n) is 6.61. The number of anilines is 2. The van der Waals surface area contributed by atoms with Crippen molar-refractivity contribution in [3.05, 3.63) is 99.7 Å². The molecule has 0 fully saturated rings. The van der Waals surface area contributed by atoms with Gasteiger partial charge in [-0.25, -0.2) is 9.97 Å². The number of halogens is 1. The lowest BCUT2D eigenvalue weighted by Gasteiger charge is -2.13. The lowest BCUT2D eigenvalue weighted by molar-refractivity contribution is 0.710. The highest BCUT2D eigenvalue weighted by Crippen LogP contribution is 2.26. The van der Waals surface area contributed by atoms with Crippen molar-refractivity contribution in [2.24, 2.45) is 0 Å². The molecule has 0 spiro atoms. The van der Waals surface area contributed by atoms with Gasteiger partial charge in [0.05, 0.1) is 23.6 Å². The SMILES string of the molecule is CCc1cccn1Cc1ccc(Cn2ncc3c(Cl)nc(NCc4c(C)cc(N)nc4C)cc32)cc1. The Balaban J connectivity index is 1.33. The number of nitrogens with zero attached hydrogens (tertiary/aromatic N) is 5. The maximum atomic E-state index is 6.52. The maximum absolute atomic E-state index is 6.52. The van der Waals surface area contributed by atoms with Crippen LogP contribution in [0, 0.1) is 13.8 Å². The van der Waals surface area contributed by atoms with Gasteiger partial charge in [0.15, 0.2) is 0 Å². The van der Waals surface area contributed by atoms with E-state index in [0.29, 0.717) is 29.9 Å².